The van der Waals surface area contributed by atoms with E-state index in [2.05, 4.69) is 31.9 Å². The fraction of sp³-hybridized carbons (Fsp3) is 0.0625. The lowest BCUT2D eigenvalue weighted by molar-refractivity contribution is 0.102. The van der Waals surface area contributed by atoms with Crippen LogP contribution in [0, 0.1) is 12.3 Å². The third-order valence-electron chi connectivity index (χ3n) is 2.89. The van der Waals surface area contributed by atoms with Crippen LogP contribution in [0.3, 0.4) is 0 Å². The summed E-state index contributed by atoms with van der Waals surface area (Å²) in [5, 5.41) is 2.73. The van der Waals surface area contributed by atoms with Crippen molar-refractivity contribution in [3.8, 4) is 12.3 Å². The molecule has 0 spiro atoms. The van der Waals surface area contributed by atoms with Crippen LogP contribution in [0.1, 0.15) is 10.4 Å². The Hall–Kier alpha value is -2.14. The molecule has 2 aromatic rings. The Labute approximate surface area is 143 Å². The van der Waals surface area contributed by atoms with Crippen molar-refractivity contribution in [2.24, 2.45) is 0 Å². The van der Waals surface area contributed by atoms with Gasteiger partial charge in [-0.2, -0.15) is 4.72 Å². The van der Waals surface area contributed by atoms with Crippen molar-refractivity contribution in [2.45, 2.75) is 4.90 Å². The van der Waals surface area contributed by atoms with Gasteiger partial charge in [0.1, 0.15) is 0 Å². The lowest BCUT2D eigenvalue weighted by Crippen LogP contribution is -2.24. The number of anilines is 1. The first-order chi connectivity index (χ1) is 10.9. The molecule has 7 heteroatoms. The van der Waals surface area contributed by atoms with Crippen LogP contribution in [0.25, 0.3) is 0 Å². The first-order valence-corrected chi connectivity index (χ1v) is 8.80. The van der Waals surface area contributed by atoms with E-state index in [0.29, 0.717) is 11.3 Å². The van der Waals surface area contributed by atoms with Crippen molar-refractivity contribution in [1.29, 1.82) is 0 Å². The minimum absolute atomic E-state index is 0.0490. The Morgan fingerprint density at radius 2 is 1.70 bits per heavy atom. The van der Waals surface area contributed by atoms with Gasteiger partial charge in [-0.15, -0.1) is 6.42 Å². The third kappa shape index (κ3) is 4.66. The van der Waals surface area contributed by atoms with Crippen LogP contribution in [0.5, 0.6) is 0 Å². The number of rotatable bonds is 5. The van der Waals surface area contributed by atoms with Crippen molar-refractivity contribution in [3.05, 3.63) is 58.6 Å². The highest BCUT2D eigenvalue weighted by molar-refractivity contribution is 9.10. The normalized spacial score (nSPS) is 10.8. The van der Waals surface area contributed by atoms with Gasteiger partial charge < -0.3 is 5.32 Å². The Balaban J connectivity index is 2.11. The number of benzene rings is 2. The maximum Gasteiger partial charge on any atom is 0.255 e. The van der Waals surface area contributed by atoms with Crippen LogP contribution >= 0.6 is 15.9 Å². The van der Waals surface area contributed by atoms with Crippen molar-refractivity contribution in [2.75, 3.05) is 11.9 Å². The standard InChI is InChI=1S/C16H13BrN2O3S/c1-2-11-18-23(21,22)15-9-3-12(4-10-15)16(20)19-14-7-5-13(17)6-8-14/h1,3-10,18H,11H2,(H,19,20). The first-order valence-electron chi connectivity index (χ1n) is 6.52. The molecule has 0 aliphatic carbocycles. The van der Waals surface area contributed by atoms with E-state index in [9.17, 15) is 13.2 Å². The molecule has 0 atom stereocenters. The summed E-state index contributed by atoms with van der Waals surface area (Å²) in [5.41, 5.74) is 0.995. The molecule has 0 saturated carbocycles. The molecule has 0 saturated heterocycles. The summed E-state index contributed by atoms with van der Waals surface area (Å²) in [6.45, 7) is -0.0891. The molecule has 2 rings (SSSR count). The molecule has 0 unspecified atom stereocenters. The van der Waals surface area contributed by atoms with Gasteiger partial charge in [0.15, 0.2) is 0 Å². The average Bonchev–Trinajstić information content (AvgIpc) is 2.55. The van der Waals surface area contributed by atoms with Crippen LogP contribution < -0.4 is 10.0 Å². The second-order valence-corrected chi connectivity index (χ2v) is 7.20. The van der Waals surface area contributed by atoms with E-state index in [0.717, 1.165) is 4.47 Å². The zero-order valence-corrected chi connectivity index (χ0v) is 14.3. The molecule has 0 aromatic heterocycles. The molecule has 0 radical (unpaired) electrons. The molecule has 5 nitrogen and oxygen atoms in total. The van der Waals surface area contributed by atoms with E-state index in [1.165, 1.54) is 24.3 Å². The Morgan fingerprint density at radius 1 is 1.09 bits per heavy atom. The molecule has 0 aliphatic heterocycles. The van der Waals surface area contributed by atoms with Crippen molar-refractivity contribution in [1.82, 2.24) is 4.72 Å². The summed E-state index contributed by atoms with van der Waals surface area (Å²) in [6, 6.07) is 12.7. The summed E-state index contributed by atoms with van der Waals surface area (Å²) in [6.07, 6.45) is 5.03. The monoisotopic (exact) mass is 392 g/mol. The summed E-state index contributed by atoms with van der Waals surface area (Å²) in [7, 11) is -3.66. The van der Waals surface area contributed by atoms with Crippen LogP contribution in [-0.4, -0.2) is 20.9 Å². The van der Waals surface area contributed by atoms with Crippen molar-refractivity contribution in [3.63, 3.8) is 0 Å². The number of hydrogen-bond donors (Lipinski definition) is 2. The Kier molecular flexibility index (Phi) is 5.55. The molecule has 118 valence electrons. The van der Waals surface area contributed by atoms with Gasteiger partial charge in [0.2, 0.25) is 10.0 Å². The largest absolute Gasteiger partial charge is 0.322 e. The predicted molar refractivity (Wildman–Crippen MR) is 92.6 cm³/mol. The van der Waals surface area contributed by atoms with E-state index in [1.54, 1.807) is 12.1 Å². The molecule has 2 N–H and O–H groups in total. The highest BCUT2D eigenvalue weighted by atomic mass is 79.9. The zero-order valence-electron chi connectivity index (χ0n) is 11.9. The fourth-order valence-electron chi connectivity index (χ4n) is 1.74. The highest BCUT2D eigenvalue weighted by Gasteiger charge is 2.14. The smallest absolute Gasteiger partial charge is 0.255 e. The van der Waals surface area contributed by atoms with Crippen molar-refractivity contribution >= 4 is 37.5 Å². The molecule has 0 heterocycles. The number of hydrogen-bond acceptors (Lipinski definition) is 3. The zero-order chi connectivity index (χ0) is 16.9. The second kappa shape index (κ2) is 7.42. The topological polar surface area (TPSA) is 75.3 Å². The van der Waals surface area contributed by atoms with Crippen LogP contribution in [-0.2, 0) is 10.0 Å². The first kappa shape index (κ1) is 17.2. The van der Waals surface area contributed by atoms with E-state index in [4.69, 9.17) is 6.42 Å². The summed E-state index contributed by atoms with van der Waals surface area (Å²) in [5.74, 6) is 1.87. The number of terminal acetylenes is 1. The molecule has 23 heavy (non-hydrogen) atoms. The minimum Gasteiger partial charge on any atom is -0.322 e. The van der Waals surface area contributed by atoms with Crippen molar-refractivity contribution < 1.29 is 13.2 Å². The highest BCUT2D eigenvalue weighted by Crippen LogP contribution is 2.16. The van der Waals surface area contributed by atoms with Gasteiger partial charge in [0, 0.05) is 15.7 Å². The van der Waals surface area contributed by atoms with Gasteiger partial charge in [0.25, 0.3) is 5.91 Å². The van der Waals surface area contributed by atoms with Gasteiger partial charge in [-0.1, -0.05) is 21.9 Å². The number of nitrogens with one attached hydrogen (secondary N) is 2. The third-order valence-corrected chi connectivity index (χ3v) is 4.84. The van der Waals surface area contributed by atoms with Crippen LogP contribution in [0.4, 0.5) is 5.69 Å². The molecule has 0 bridgehead atoms. The van der Waals surface area contributed by atoms with Gasteiger partial charge in [-0.05, 0) is 48.5 Å². The fourth-order valence-corrected chi connectivity index (χ4v) is 2.94. The number of carbonyl (C=O) groups is 1. The van der Waals surface area contributed by atoms with E-state index < -0.39 is 10.0 Å². The predicted octanol–water partition coefficient (Wildman–Crippen LogP) is 2.61. The van der Waals surface area contributed by atoms with E-state index in [-0.39, 0.29) is 17.3 Å². The lowest BCUT2D eigenvalue weighted by Gasteiger charge is -2.07. The number of carbonyl (C=O) groups excluding carboxylic acids is 1. The molecule has 0 fully saturated rings. The molecule has 2 aromatic carbocycles. The number of sulfonamides is 1. The molecule has 0 aliphatic rings. The quantitative estimate of drug-likeness (QED) is 0.767. The van der Waals surface area contributed by atoms with Gasteiger partial charge >= 0.3 is 0 Å². The van der Waals surface area contributed by atoms with E-state index >= 15 is 0 Å². The van der Waals surface area contributed by atoms with Gasteiger partial charge in [-0.25, -0.2) is 8.42 Å². The van der Waals surface area contributed by atoms with Gasteiger partial charge in [-0.3, -0.25) is 4.79 Å². The maximum atomic E-state index is 12.1. The Bertz CT molecular complexity index is 838. The van der Waals surface area contributed by atoms with Crippen LogP contribution in [0.15, 0.2) is 57.9 Å². The second-order valence-electron chi connectivity index (χ2n) is 4.51. The number of amides is 1. The SMILES string of the molecule is C#CCNS(=O)(=O)c1ccc(C(=O)Nc2ccc(Br)cc2)cc1. The minimum atomic E-state index is -3.66. The number of halogens is 1. The van der Waals surface area contributed by atoms with Crippen LogP contribution in [0.2, 0.25) is 0 Å². The Morgan fingerprint density at radius 3 is 2.26 bits per heavy atom. The lowest BCUT2D eigenvalue weighted by atomic mass is 10.2. The maximum absolute atomic E-state index is 12.1. The summed E-state index contributed by atoms with van der Waals surface area (Å²) >= 11 is 3.31. The summed E-state index contributed by atoms with van der Waals surface area (Å²) in [4.78, 5) is 12.2. The summed E-state index contributed by atoms with van der Waals surface area (Å²) < 4.78 is 26.9. The molecular formula is C16H13BrN2O3S. The molecule has 1 amide bonds. The molecular weight excluding hydrogens is 380 g/mol. The van der Waals surface area contributed by atoms with E-state index in [1.807, 2.05) is 12.1 Å². The van der Waals surface area contributed by atoms with Gasteiger partial charge in [0.05, 0.1) is 11.4 Å². The average molecular weight is 393 g/mol.